The molecular weight excluding hydrogens is 268 g/mol. The molecule has 1 saturated carbocycles. The zero-order valence-corrected chi connectivity index (χ0v) is 10.7. The van der Waals surface area contributed by atoms with Gasteiger partial charge in [-0.3, -0.25) is 9.69 Å². The van der Waals surface area contributed by atoms with E-state index in [9.17, 15) is 13.6 Å². The molecule has 6 heteroatoms. The number of piperidine rings is 1. The number of hydrogen-bond donors (Lipinski definition) is 1. The van der Waals surface area contributed by atoms with E-state index in [-0.39, 0.29) is 23.5 Å². The highest BCUT2D eigenvalue weighted by atomic mass is 19.3. The Balaban J connectivity index is 1.62. The van der Waals surface area contributed by atoms with Gasteiger partial charge in [0.05, 0.1) is 5.92 Å². The number of fused-ring (bicyclic) bond motifs is 1. The van der Waals surface area contributed by atoms with Crippen LogP contribution in [0.25, 0.3) is 0 Å². The Bertz CT molecular complexity index is 511. The summed E-state index contributed by atoms with van der Waals surface area (Å²) in [6, 6.07) is 6.72. The first-order valence-corrected chi connectivity index (χ1v) is 6.54. The van der Waals surface area contributed by atoms with E-state index in [2.05, 4.69) is 9.64 Å². The Labute approximate surface area is 114 Å². The van der Waals surface area contributed by atoms with Crippen molar-refractivity contribution in [1.82, 2.24) is 4.90 Å². The topological polar surface area (TPSA) is 49.8 Å². The van der Waals surface area contributed by atoms with Crippen molar-refractivity contribution in [3.8, 4) is 5.75 Å². The number of carbonyl (C=O) groups is 1. The van der Waals surface area contributed by atoms with E-state index in [1.54, 1.807) is 18.2 Å². The number of hydrogen-bond acceptors (Lipinski definition) is 3. The third kappa shape index (κ3) is 2.47. The molecule has 0 radical (unpaired) electrons. The van der Waals surface area contributed by atoms with Crippen molar-refractivity contribution >= 4 is 5.97 Å². The predicted molar refractivity (Wildman–Crippen MR) is 66.5 cm³/mol. The van der Waals surface area contributed by atoms with Crippen LogP contribution in [0.5, 0.6) is 5.75 Å². The van der Waals surface area contributed by atoms with Gasteiger partial charge in [0, 0.05) is 25.2 Å². The second kappa shape index (κ2) is 5.01. The molecule has 2 aliphatic rings. The number of aliphatic carboxylic acids is 1. The molecule has 0 amide bonds. The smallest absolute Gasteiger partial charge is 0.387 e. The van der Waals surface area contributed by atoms with Gasteiger partial charge in [-0.25, -0.2) is 0 Å². The van der Waals surface area contributed by atoms with E-state index in [0.717, 1.165) is 0 Å². The monoisotopic (exact) mass is 283 g/mol. The average molecular weight is 283 g/mol. The molecule has 1 saturated heterocycles. The molecule has 3 atom stereocenters. The number of ether oxygens (including phenoxy) is 1. The van der Waals surface area contributed by atoms with Crippen molar-refractivity contribution < 1.29 is 23.4 Å². The van der Waals surface area contributed by atoms with Crippen molar-refractivity contribution in [2.75, 3.05) is 13.1 Å². The molecule has 1 heterocycles. The lowest BCUT2D eigenvalue weighted by molar-refractivity contribution is -0.139. The summed E-state index contributed by atoms with van der Waals surface area (Å²) in [6.45, 7) is -0.892. The van der Waals surface area contributed by atoms with E-state index < -0.39 is 12.6 Å². The lowest BCUT2D eigenvalue weighted by Crippen LogP contribution is -2.26. The van der Waals surface area contributed by atoms with Crippen molar-refractivity contribution in [1.29, 1.82) is 0 Å². The molecule has 0 spiro atoms. The average Bonchev–Trinajstić information content (AvgIpc) is 2.89. The van der Waals surface area contributed by atoms with Crippen LogP contribution in [0.2, 0.25) is 0 Å². The van der Waals surface area contributed by atoms with Crippen LogP contribution in [0.15, 0.2) is 24.3 Å². The normalized spacial score (nSPS) is 28.4. The van der Waals surface area contributed by atoms with E-state index in [4.69, 9.17) is 5.11 Å². The second-order valence-corrected chi connectivity index (χ2v) is 5.37. The number of para-hydroxylation sites is 1. The number of carboxylic acid groups (broad SMARTS) is 1. The molecule has 3 rings (SSSR count). The van der Waals surface area contributed by atoms with Gasteiger partial charge < -0.3 is 9.84 Å². The summed E-state index contributed by atoms with van der Waals surface area (Å²) in [6.07, 6.45) is 0. The van der Waals surface area contributed by atoms with Crippen LogP contribution in [-0.2, 0) is 11.3 Å². The van der Waals surface area contributed by atoms with Gasteiger partial charge in [0.25, 0.3) is 0 Å². The molecule has 1 unspecified atom stereocenters. The maximum atomic E-state index is 12.3. The number of nitrogens with zero attached hydrogens (tertiary/aromatic N) is 1. The van der Waals surface area contributed by atoms with Gasteiger partial charge in [0.2, 0.25) is 0 Å². The highest BCUT2D eigenvalue weighted by Crippen LogP contribution is 2.52. The zero-order chi connectivity index (χ0) is 14.3. The maximum absolute atomic E-state index is 12.3. The van der Waals surface area contributed by atoms with Gasteiger partial charge in [-0.1, -0.05) is 18.2 Å². The van der Waals surface area contributed by atoms with Crippen molar-refractivity contribution in [2.24, 2.45) is 17.8 Å². The Kier molecular flexibility index (Phi) is 3.33. The highest BCUT2D eigenvalue weighted by molar-refractivity contribution is 5.74. The molecule has 1 aliphatic carbocycles. The number of rotatable bonds is 5. The van der Waals surface area contributed by atoms with Gasteiger partial charge in [-0.2, -0.15) is 8.78 Å². The second-order valence-electron chi connectivity index (χ2n) is 5.37. The van der Waals surface area contributed by atoms with Crippen LogP contribution >= 0.6 is 0 Å². The van der Waals surface area contributed by atoms with Crippen LogP contribution in [0, 0.1) is 17.8 Å². The number of likely N-dealkylation sites (tertiary alicyclic amines) is 1. The molecule has 20 heavy (non-hydrogen) atoms. The first kappa shape index (κ1) is 13.3. The Morgan fingerprint density at radius 1 is 1.35 bits per heavy atom. The van der Waals surface area contributed by atoms with Gasteiger partial charge >= 0.3 is 12.6 Å². The standard InChI is InChI=1S/C14H15F2NO3/c15-14(16)20-11-4-2-1-3-8(11)5-17-6-9-10(7-17)12(9)13(18)19/h1-4,9-10,12,14H,5-7H2,(H,18,19)/t9-,10+,12?. The van der Waals surface area contributed by atoms with Crippen LogP contribution < -0.4 is 4.74 Å². The van der Waals surface area contributed by atoms with Crippen molar-refractivity contribution in [3.05, 3.63) is 29.8 Å². The van der Waals surface area contributed by atoms with Gasteiger partial charge in [-0.15, -0.1) is 0 Å². The van der Waals surface area contributed by atoms with Crippen LogP contribution in [0.3, 0.4) is 0 Å². The summed E-state index contributed by atoms with van der Waals surface area (Å²) >= 11 is 0. The molecule has 0 bridgehead atoms. The van der Waals surface area contributed by atoms with Crippen molar-refractivity contribution in [2.45, 2.75) is 13.2 Å². The minimum atomic E-state index is -2.83. The summed E-state index contributed by atoms with van der Waals surface area (Å²) < 4.78 is 29.1. The van der Waals surface area contributed by atoms with E-state index >= 15 is 0 Å². The molecule has 108 valence electrons. The van der Waals surface area contributed by atoms with Gasteiger partial charge in [-0.05, 0) is 17.9 Å². The van der Waals surface area contributed by atoms with Gasteiger partial charge in [0.15, 0.2) is 0 Å². The SMILES string of the molecule is O=C(O)C1[C@H]2CN(Cc3ccccc3OC(F)F)C[C@@H]12. The Hall–Kier alpha value is -1.69. The minimum absolute atomic E-state index is 0.192. The molecule has 4 nitrogen and oxygen atoms in total. The fraction of sp³-hybridized carbons (Fsp3) is 0.500. The van der Waals surface area contributed by atoms with E-state index in [1.165, 1.54) is 6.07 Å². The number of carboxylic acids is 1. The van der Waals surface area contributed by atoms with Gasteiger partial charge in [0.1, 0.15) is 5.75 Å². The zero-order valence-electron chi connectivity index (χ0n) is 10.7. The quantitative estimate of drug-likeness (QED) is 0.898. The molecular formula is C14H15F2NO3. The van der Waals surface area contributed by atoms with E-state index in [0.29, 0.717) is 25.2 Å². The molecule has 1 aliphatic heterocycles. The third-order valence-corrected chi connectivity index (χ3v) is 4.14. The number of benzene rings is 1. The largest absolute Gasteiger partial charge is 0.481 e. The summed E-state index contributed by atoms with van der Waals surface area (Å²) in [5.74, 6) is -0.302. The first-order valence-electron chi connectivity index (χ1n) is 6.54. The minimum Gasteiger partial charge on any atom is -0.481 e. The van der Waals surface area contributed by atoms with Crippen molar-refractivity contribution in [3.63, 3.8) is 0 Å². The molecule has 0 aromatic heterocycles. The summed E-state index contributed by atoms with van der Waals surface area (Å²) in [7, 11) is 0. The highest BCUT2D eigenvalue weighted by Gasteiger charge is 2.59. The fourth-order valence-electron chi connectivity index (χ4n) is 3.20. The summed E-state index contributed by atoms with van der Waals surface area (Å²) in [5.41, 5.74) is 0.709. The first-order chi connectivity index (χ1) is 9.56. The fourth-order valence-corrected chi connectivity index (χ4v) is 3.20. The lowest BCUT2D eigenvalue weighted by atomic mass is 10.1. The number of alkyl halides is 2. The Morgan fingerprint density at radius 3 is 2.60 bits per heavy atom. The van der Waals surface area contributed by atoms with E-state index in [1.807, 2.05) is 0 Å². The summed E-state index contributed by atoms with van der Waals surface area (Å²) in [4.78, 5) is 13.0. The maximum Gasteiger partial charge on any atom is 0.387 e. The Morgan fingerprint density at radius 2 is 2.00 bits per heavy atom. The summed E-state index contributed by atoms with van der Waals surface area (Å²) in [5, 5.41) is 8.96. The molecule has 1 N–H and O–H groups in total. The molecule has 1 aromatic rings. The van der Waals surface area contributed by atoms with Crippen LogP contribution in [-0.4, -0.2) is 35.7 Å². The van der Waals surface area contributed by atoms with Crippen LogP contribution in [0.4, 0.5) is 8.78 Å². The molecule has 1 aromatic carbocycles. The van der Waals surface area contributed by atoms with Crippen LogP contribution in [0.1, 0.15) is 5.56 Å². The number of halogens is 2. The molecule has 2 fully saturated rings. The third-order valence-electron chi connectivity index (χ3n) is 4.14. The lowest BCUT2D eigenvalue weighted by Gasteiger charge is -2.20. The predicted octanol–water partition coefficient (Wildman–Crippen LogP) is 2.05.